The first-order valence-electron chi connectivity index (χ1n) is 8.44. The van der Waals surface area contributed by atoms with E-state index in [0.717, 1.165) is 11.1 Å². The minimum Gasteiger partial charge on any atom is -0.346 e. The number of primary sulfonamides is 1. The second-order valence-corrected chi connectivity index (χ2v) is 8.41. The van der Waals surface area contributed by atoms with Gasteiger partial charge in [-0.2, -0.15) is 5.26 Å². The van der Waals surface area contributed by atoms with E-state index in [0.29, 0.717) is 28.6 Å². The van der Waals surface area contributed by atoms with E-state index in [1.165, 1.54) is 12.1 Å². The van der Waals surface area contributed by atoms with Crippen molar-refractivity contribution in [2.75, 3.05) is 0 Å². The standard InChI is InChI=1S/C20H20FN3O2S/c1-12-6-13(2)20(27(23,25)26)17(7-12)14(3)10-24-11-15(9-22)18-8-16(21)4-5-19(18)24/h4-8,11,14H,10H2,1-3H3,(H2,23,25,26)/t14-/m1/s1. The lowest BCUT2D eigenvalue weighted by molar-refractivity contribution is 0.581. The molecule has 1 heterocycles. The fourth-order valence-electron chi connectivity index (χ4n) is 3.64. The number of hydrogen-bond donors (Lipinski definition) is 1. The fraction of sp³-hybridized carbons (Fsp3) is 0.250. The second kappa shape index (κ2) is 6.80. The summed E-state index contributed by atoms with van der Waals surface area (Å²) < 4.78 is 39.7. The summed E-state index contributed by atoms with van der Waals surface area (Å²) in [7, 11) is -3.88. The van der Waals surface area contributed by atoms with Crippen molar-refractivity contribution < 1.29 is 12.8 Å². The van der Waals surface area contributed by atoms with Crippen LogP contribution in [-0.4, -0.2) is 13.0 Å². The molecule has 0 bridgehead atoms. The van der Waals surface area contributed by atoms with Gasteiger partial charge in [-0.25, -0.2) is 17.9 Å². The van der Waals surface area contributed by atoms with Gasteiger partial charge in [-0.1, -0.05) is 24.6 Å². The van der Waals surface area contributed by atoms with Gasteiger partial charge < -0.3 is 4.57 Å². The van der Waals surface area contributed by atoms with Gasteiger partial charge in [0.1, 0.15) is 11.9 Å². The van der Waals surface area contributed by atoms with Crippen LogP contribution in [0.3, 0.4) is 0 Å². The zero-order valence-electron chi connectivity index (χ0n) is 15.3. The zero-order valence-corrected chi connectivity index (χ0v) is 16.1. The van der Waals surface area contributed by atoms with Gasteiger partial charge >= 0.3 is 0 Å². The van der Waals surface area contributed by atoms with Crippen LogP contribution < -0.4 is 5.14 Å². The van der Waals surface area contributed by atoms with Crippen molar-refractivity contribution in [3.8, 4) is 6.07 Å². The summed E-state index contributed by atoms with van der Waals surface area (Å²) in [6, 6.07) is 10.0. The summed E-state index contributed by atoms with van der Waals surface area (Å²) >= 11 is 0. The van der Waals surface area contributed by atoms with Crippen LogP contribution in [0.4, 0.5) is 4.39 Å². The van der Waals surface area contributed by atoms with E-state index in [9.17, 15) is 18.1 Å². The molecule has 0 spiro atoms. The predicted octanol–water partition coefficient (Wildman–Crippen LogP) is 3.72. The Morgan fingerprint density at radius 2 is 1.96 bits per heavy atom. The molecule has 0 radical (unpaired) electrons. The lowest BCUT2D eigenvalue weighted by Gasteiger charge is -2.19. The summed E-state index contributed by atoms with van der Waals surface area (Å²) in [5.74, 6) is -0.597. The van der Waals surface area contributed by atoms with Crippen molar-refractivity contribution in [2.24, 2.45) is 5.14 Å². The third kappa shape index (κ3) is 3.59. The molecule has 7 heteroatoms. The van der Waals surface area contributed by atoms with Gasteiger partial charge in [-0.15, -0.1) is 0 Å². The molecular weight excluding hydrogens is 365 g/mol. The third-order valence-corrected chi connectivity index (χ3v) is 5.82. The summed E-state index contributed by atoms with van der Waals surface area (Å²) in [6.07, 6.45) is 1.67. The molecule has 0 saturated heterocycles. The van der Waals surface area contributed by atoms with Crippen molar-refractivity contribution in [3.63, 3.8) is 0 Å². The van der Waals surface area contributed by atoms with Gasteiger partial charge in [0, 0.05) is 29.6 Å². The molecule has 0 saturated carbocycles. The first-order chi connectivity index (χ1) is 12.6. The highest BCUT2D eigenvalue weighted by atomic mass is 32.2. The number of rotatable bonds is 4. The number of benzene rings is 2. The first kappa shape index (κ1) is 19.1. The molecule has 0 unspecified atom stereocenters. The number of nitrogens with zero attached hydrogens (tertiary/aromatic N) is 2. The highest BCUT2D eigenvalue weighted by Gasteiger charge is 2.22. The number of sulfonamides is 1. The van der Waals surface area contributed by atoms with Crippen LogP contribution in [0.1, 0.15) is 35.1 Å². The number of aromatic nitrogens is 1. The fourth-order valence-corrected chi connectivity index (χ4v) is 4.74. The minimum atomic E-state index is -3.88. The molecule has 0 aliphatic rings. The number of halogens is 1. The molecule has 0 aliphatic carbocycles. The number of aryl methyl sites for hydroxylation is 2. The van der Waals surface area contributed by atoms with E-state index in [2.05, 4.69) is 6.07 Å². The molecule has 0 amide bonds. The number of nitriles is 1. The first-order valence-corrected chi connectivity index (χ1v) is 9.99. The van der Waals surface area contributed by atoms with Gasteiger partial charge in [-0.05, 0) is 43.2 Å². The SMILES string of the molecule is Cc1cc(C)c(S(N)(=O)=O)c([C@H](C)Cn2cc(C#N)c3cc(F)ccc32)c1. The molecule has 140 valence electrons. The Morgan fingerprint density at radius 3 is 2.59 bits per heavy atom. The van der Waals surface area contributed by atoms with Gasteiger partial charge in [-0.3, -0.25) is 0 Å². The van der Waals surface area contributed by atoms with Crippen LogP contribution in [0, 0.1) is 31.0 Å². The van der Waals surface area contributed by atoms with Crippen LogP contribution in [0.25, 0.3) is 10.9 Å². The normalized spacial score (nSPS) is 12.9. The molecule has 2 aromatic carbocycles. The van der Waals surface area contributed by atoms with Crippen LogP contribution in [0.15, 0.2) is 41.4 Å². The lowest BCUT2D eigenvalue weighted by atomic mass is 9.96. The quantitative estimate of drug-likeness (QED) is 0.742. The molecule has 0 aliphatic heterocycles. The molecular formula is C20H20FN3O2S. The van der Waals surface area contributed by atoms with Gasteiger partial charge in [0.05, 0.1) is 10.5 Å². The highest BCUT2D eigenvalue weighted by Crippen LogP contribution is 2.31. The molecule has 27 heavy (non-hydrogen) atoms. The van der Waals surface area contributed by atoms with Crippen molar-refractivity contribution in [2.45, 2.75) is 38.1 Å². The van der Waals surface area contributed by atoms with Crippen LogP contribution in [0.2, 0.25) is 0 Å². The van der Waals surface area contributed by atoms with Gasteiger partial charge in [0.25, 0.3) is 0 Å². The van der Waals surface area contributed by atoms with Gasteiger partial charge in [0.15, 0.2) is 0 Å². The number of nitrogens with two attached hydrogens (primary N) is 1. The van der Waals surface area contributed by atoms with Crippen molar-refractivity contribution in [1.29, 1.82) is 5.26 Å². The molecule has 1 atom stereocenters. The highest BCUT2D eigenvalue weighted by molar-refractivity contribution is 7.89. The Morgan fingerprint density at radius 1 is 1.26 bits per heavy atom. The van der Waals surface area contributed by atoms with E-state index in [-0.39, 0.29) is 10.8 Å². The number of fused-ring (bicyclic) bond motifs is 1. The molecule has 2 N–H and O–H groups in total. The van der Waals surface area contributed by atoms with Crippen molar-refractivity contribution in [3.05, 3.63) is 64.6 Å². The maximum atomic E-state index is 13.6. The average molecular weight is 385 g/mol. The van der Waals surface area contributed by atoms with Gasteiger partial charge in [0.2, 0.25) is 10.0 Å². The number of hydrogen-bond acceptors (Lipinski definition) is 3. The largest absolute Gasteiger partial charge is 0.346 e. The smallest absolute Gasteiger partial charge is 0.238 e. The van der Waals surface area contributed by atoms with Crippen LogP contribution in [0.5, 0.6) is 0 Å². The predicted molar refractivity (Wildman–Crippen MR) is 102 cm³/mol. The monoisotopic (exact) mass is 385 g/mol. The third-order valence-electron chi connectivity index (χ3n) is 4.70. The maximum Gasteiger partial charge on any atom is 0.238 e. The molecule has 3 rings (SSSR count). The summed E-state index contributed by atoms with van der Waals surface area (Å²) in [5, 5.41) is 15.3. The average Bonchev–Trinajstić information content (AvgIpc) is 2.89. The molecule has 1 aromatic heterocycles. The summed E-state index contributed by atoms with van der Waals surface area (Å²) in [4.78, 5) is 0.142. The Balaban J connectivity index is 2.11. The Labute approximate surface area is 157 Å². The van der Waals surface area contributed by atoms with E-state index < -0.39 is 15.8 Å². The maximum absolute atomic E-state index is 13.6. The van der Waals surface area contributed by atoms with Crippen molar-refractivity contribution in [1.82, 2.24) is 4.57 Å². The topological polar surface area (TPSA) is 88.9 Å². The second-order valence-electron chi connectivity index (χ2n) is 6.91. The van der Waals surface area contributed by atoms with Crippen LogP contribution in [-0.2, 0) is 16.6 Å². The zero-order chi connectivity index (χ0) is 19.9. The van der Waals surface area contributed by atoms with E-state index >= 15 is 0 Å². The van der Waals surface area contributed by atoms with E-state index in [1.54, 1.807) is 25.3 Å². The van der Waals surface area contributed by atoms with E-state index in [4.69, 9.17) is 5.14 Å². The van der Waals surface area contributed by atoms with Crippen molar-refractivity contribution >= 4 is 20.9 Å². The Bertz CT molecular complexity index is 1190. The Hall–Kier alpha value is -2.69. The molecule has 3 aromatic rings. The summed E-state index contributed by atoms with van der Waals surface area (Å²) in [6.45, 7) is 5.96. The lowest BCUT2D eigenvalue weighted by Crippen LogP contribution is -2.19. The summed E-state index contributed by atoms with van der Waals surface area (Å²) in [5.41, 5.74) is 3.29. The van der Waals surface area contributed by atoms with E-state index in [1.807, 2.05) is 24.5 Å². The molecule has 5 nitrogen and oxygen atoms in total. The van der Waals surface area contributed by atoms with Crippen LogP contribution >= 0.6 is 0 Å². The minimum absolute atomic E-state index is 0.142. The molecule has 0 fully saturated rings. The Kier molecular flexibility index (Phi) is 4.81.